The lowest BCUT2D eigenvalue weighted by atomic mass is 9.94. The molecule has 0 unspecified atom stereocenters. The molecule has 9 heteroatoms. The number of hydrogen-bond acceptors (Lipinski definition) is 6. The van der Waals surface area contributed by atoms with E-state index in [1.807, 2.05) is 10.8 Å². The number of aryl methyl sites for hydroxylation is 1. The summed E-state index contributed by atoms with van der Waals surface area (Å²) in [5.41, 5.74) is 0.628. The third-order valence-electron chi connectivity index (χ3n) is 5.76. The van der Waals surface area contributed by atoms with Crippen molar-refractivity contribution in [3.05, 3.63) is 83.7 Å². The van der Waals surface area contributed by atoms with Gasteiger partial charge in [-0.3, -0.25) is 9.59 Å². The number of aromatic nitrogens is 2. The Hall–Kier alpha value is -4.14. The maximum absolute atomic E-state index is 13.4. The molecular formula is C25H24FN3O5. The molecular weight excluding hydrogens is 441 g/mol. The molecule has 0 saturated carbocycles. The minimum Gasteiger partial charge on any atom is -0.507 e. The molecule has 2 aromatic carbocycles. The van der Waals surface area contributed by atoms with Crippen LogP contribution in [0.2, 0.25) is 0 Å². The van der Waals surface area contributed by atoms with Crippen LogP contribution in [-0.4, -0.2) is 52.0 Å². The third-order valence-corrected chi connectivity index (χ3v) is 5.76. The monoisotopic (exact) mass is 465 g/mol. The molecule has 8 nitrogen and oxygen atoms in total. The number of aliphatic hydroxyl groups is 1. The van der Waals surface area contributed by atoms with Crippen LogP contribution >= 0.6 is 0 Å². The van der Waals surface area contributed by atoms with Crippen molar-refractivity contribution in [3.8, 4) is 11.5 Å². The number of ether oxygens (including phenoxy) is 2. The first-order valence-corrected chi connectivity index (χ1v) is 10.7. The highest BCUT2D eigenvalue weighted by atomic mass is 19.1. The first kappa shape index (κ1) is 23.0. The molecule has 1 N–H and O–H groups in total. The highest BCUT2D eigenvalue weighted by Gasteiger charge is 2.47. The van der Waals surface area contributed by atoms with E-state index in [1.165, 1.54) is 43.4 Å². The molecule has 1 atom stereocenters. The van der Waals surface area contributed by atoms with Gasteiger partial charge in [0, 0.05) is 36.6 Å². The number of ketones is 1. The Kier molecular flexibility index (Phi) is 6.62. The van der Waals surface area contributed by atoms with Crippen molar-refractivity contribution in [2.75, 3.05) is 20.8 Å². The first-order chi connectivity index (χ1) is 16.4. The normalized spacial score (nSPS) is 17.3. The highest BCUT2D eigenvalue weighted by Crippen LogP contribution is 2.43. The molecule has 4 rings (SSSR count). The lowest BCUT2D eigenvalue weighted by Gasteiger charge is -2.27. The molecule has 176 valence electrons. The molecule has 1 aliphatic rings. The van der Waals surface area contributed by atoms with Gasteiger partial charge in [0.15, 0.2) is 0 Å². The van der Waals surface area contributed by atoms with Gasteiger partial charge in [-0.2, -0.15) is 0 Å². The number of benzene rings is 2. The second-order valence-electron chi connectivity index (χ2n) is 7.76. The number of aliphatic hydroxyl groups excluding tert-OH is 1. The van der Waals surface area contributed by atoms with E-state index >= 15 is 0 Å². The third kappa shape index (κ3) is 4.36. The number of amides is 1. The van der Waals surface area contributed by atoms with Crippen LogP contribution in [0.1, 0.15) is 23.6 Å². The van der Waals surface area contributed by atoms with Gasteiger partial charge < -0.3 is 24.0 Å². The summed E-state index contributed by atoms with van der Waals surface area (Å²) < 4.78 is 26.2. The summed E-state index contributed by atoms with van der Waals surface area (Å²) in [6.07, 6.45) is 5.69. The molecule has 0 aliphatic carbocycles. The SMILES string of the molecule is COc1ccc(OC)c([C@H]2C(=C(O)c3ccc(F)cc3)C(=O)C(=O)N2CCCn2ccnc2)c1. The lowest BCUT2D eigenvalue weighted by Crippen LogP contribution is -2.31. The van der Waals surface area contributed by atoms with Crippen molar-refractivity contribution >= 4 is 17.4 Å². The van der Waals surface area contributed by atoms with Crippen molar-refractivity contribution in [3.63, 3.8) is 0 Å². The van der Waals surface area contributed by atoms with Gasteiger partial charge in [0.1, 0.15) is 23.1 Å². The van der Waals surface area contributed by atoms with Gasteiger partial charge >= 0.3 is 0 Å². The van der Waals surface area contributed by atoms with Crippen molar-refractivity contribution in [1.29, 1.82) is 0 Å². The summed E-state index contributed by atoms with van der Waals surface area (Å²) in [5, 5.41) is 11.1. The number of methoxy groups -OCH3 is 2. The number of hydrogen-bond donors (Lipinski definition) is 1. The maximum Gasteiger partial charge on any atom is 0.295 e. The fraction of sp³-hybridized carbons (Fsp3) is 0.240. The molecule has 1 aromatic heterocycles. The zero-order chi connectivity index (χ0) is 24.2. The Balaban J connectivity index is 1.81. The predicted octanol–water partition coefficient (Wildman–Crippen LogP) is 3.55. The first-order valence-electron chi connectivity index (χ1n) is 10.7. The average Bonchev–Trinajstić information content (AvgIpc) is 3.46. The van der Waals surface area contributed by atoms with Gasteiger partial charge in [0.05, 0.1) is 32.2 Å². The van der Waals surface area contributed by atoms with Gasteiger partial charge in [-0.25, -0.2) is 9.37 Å². The zero-order valence-electron chi connectivity index (χ0n) is 18.8. The number of carbonyl (C=O) groups excluding carboxylic acids is 2. The van der Waals surface area contributed by atoms with E-state index in [0.29, 0.717) is 30.0 Å². The fourth-order valence-electron chi connectivity index (χ4n) is 4.09. The number of carbonyl (C=O) groups is 2. The van der Waals surface area contributed by atoms with E-state index in [0.717, 1.165) is 0 Å². The summed E-state index contributed by atoms with van der Waals surface area (Å²) in [4.78, 5) is 31.7. The van der Waals surface area contributed by atoms with Crippen LogP contribution in [0, 0.1) is 5.82 Å². The van der Waals surface area contributed by atoms with Crippen LogP contribution in [0.5, 0.6) is 11.5 Å². The van der Waals surface area contributed by atoms with Crippen LogP contribution in [-0.2, 0) is 16.1 Å². The summed E-state index contributed by atoms with van der Waals surface area (Å²) in [6.45, 7) is 0.830. The summed E-state index contributed by atoms with van der Waals surface area (Å²) in [6, 6.07) is 9.21. The van der Waals surface area contributed by atoms with E-state index in [1.54, 1.807) is 30.7 Å². The number of halogens is 1. The van der Waals surface area contributed by atoms with Gasteiger partial charge in [-0.1, -0.05) is 0 Å². The smallest absolute Gasteiger partial charge is 0.295 e. The molecule has 1 fully saturated rings. The van der Waals surface area contributed by atoms with Crippen molar-refractivity contribution in [2.45, 2.75) is 19.0 Å². The Morgan fingerprint density at radius 3 is 2.50 bits per heavy atom. The standard InChI is InChI=1S/C25H24FN3O5/c1-33-18-8-9-20(34-2)19(14-18)22-21(23(30)16-4-6-17(26)7-5-16)24(31)25(32)29(22)12-3-11-28-13-10-27-15-28/h4-10,13-15,22,30H,3,11-12H2,1-2H3/t22-/m0/s1. The molecule has 2 heterocycles. The van der Waals surface area contributed by atoms with Gasteiger partial charge in [-0.05, 0) is 48.9 Å². The van der Waals surface area contributed by atoms with Gasteiger partial charge in [0.2, 0.25) is 0 Å². The number of Topliss-reactive ketones (excluding diaryl/α,β-unsaturated/α-hetero) is 1. The average molecular weight is 465 g/mol. The number of likely N-dealkylation sites (tertiary alicyclic amines) is 1. The maximum atomic E-state index is 13.4. The van der Waals surface area contributed by atoms with Crippen molar-refractivity contribution in [2.24, 2.45) is 0 Å². The Morgan fingerprint density at radius 1 is 1.09 bits per heavy atom. The number of imidazole rings is 1. The molecule has 0 bridgehead atoms. The minimum atomic E-state index is -0.919. The minimum absolute atomic E-state index is 0.0919. The Morgan fingerprint density at radius 2 is 1.85 bits per heavy atom. The molecule has 0 spiro atoms. The largest absolute Gasteiger partial charge is 0.507 e. The van der Waals surface area contributed by atoms with Crippen LogP contribution in [0.4, 0.5) is 4.39 Å². The molecule has 1 saturated heterocycles. The highest BCUT2D eigenvalue weighted by molar-refractivity contribution is 6.46. The lowest BCUT2D eigenvalue weighted by molar-refractivity contribution is -0.140. The van der Waals surface area contributed by atoms with E-state index in [2.05, 4.69) is 4.98 Å². The predicted molar refractivity (Wildman–Crippen MR) is 122 cm³/mol. The van der Waals surface area contributed by atoms with Crippen LogP contribution < -0.4 is 9.47 Å². The summed E-state index contributed by atoms with van der Waals surface area (Å²) >= 11 is 0. The zero-order valence-corrected chi connectivity index (χ0v) is 18.8. The van der Waals surface area contributed by atoms with Crippen molar-refractivity contribution < 1.29 is 28.6 Å². The van der Waals surface area contributed by atoms with E-state index in [-0.39, 0.29) is 23.4 Å². The quantitative estimate of drug-likeness (QED) is 0.311. The molecule has 34 heavy (non-hydrogen) atoms. The Labute approximate surface area is 195 Å². The summed E-state index contributed by atoms with van der Waals surface area (Å²) in [7, 11) is 2.99. The van der Waals surface area contributed by atoms with Crippen molar-refractivity contribution in [1.82, 2.24) is 14.5 Å². The molecule has 1 aliphatic heterocycles. The second-order valence-corrected chi connectivity index (χ2v) is 7.76. The van der Waals surface area contributed by atoms with E-state index < -0.39 is 23.5 Å². The van der Waals surface area contributed by atoms with E-state index in [9.17, 15) is 19.1 Å². The number of nitrogens with zero attached hydrogens (tertiary/aromatic N) is 3. The molecule has 3 aromatic rings. The van der Waals surface area contributed by atoms with E-state index in [4.69, 9.17) is 9.47 Å². The molecule has 0 radical (unpaired) electrons. The summed E-state index contributed by atoms with van der Waals surface area (Å²) in [5.74, 6) is -1.49. The second kappa shape index (κ2) is 9.78. The Bertz CT molecular complexity index is 1220. The topological polar surface area (TPSA) is 93.9 Å². The van der Waals surface area contributed by atoms with Crippen LogP contribution in [0.25, 0.3) is 5.76 Å². The number of rotatable bonds is 8. The van der Waals surface area contributed by atoms with Crippen LogP contribution in [0.15, 0.2) is 66.8 Å². The fourth-order valence-corrected chi connectivity index (χ4v) is 4.09. The molecule has 1 amide bonds. The van der Waals surface area contributed by atoms with Gasteiger partial charge in [-0.15, -0.1) is 0 Å². The van der Waals surface area contributed by atoms with Gasteiger partial charge in [0.25, 0.3) is 11.7 Å². The van der Waals surface area contributed by atoms with Crippen LogP contribution in [0.3, 0.4) is 0 Å².